The fourth-order valence-corrected chi connectivity index (χ4v) is 0.316. The van der Waals surface area contributed by atoms with E-state index in [9.17, 15) is 8.76 Å². The first-order chi connectivity index (χ1) is 3.27. The molecule has 0 fully saturated rings. The second-order valence-electron chi connectivity index (χ2n) is 0.750. The van der Waals surface area contributed by atoms with Crippen molar-refractivity contribution in [2.45, 2.75) is 0 Å². The Labute approximate surface area is 61.9 Å². The molecule has 44 valence electrons. The summed E-state index contributed by atoms with van der Waals surface area (Å²) in [6.45, 7) is -0.426. The van der Waals surface area contributed by atoms with Crippen molar-refractivity contribution in [2.75, 3.05) is 13.2 Å². The molecule has 4 nitrogen and oxygen atoms in total. The summed E-state index contributed by atoms with van der Waals surface area (Å²) in [4.78, 5) is 0. The van der Waals surface area contributed by atoms with Gasteiger partial charge in [-0.05, 0) is 0 Å². The summed E-state index contributed by atoms with van der Waals surface area (Å²) in [5.41, 5.74) is 0. The molecule has 0 aliphatic rings. The van der Waals surface area contributed by atoms with Crippen molar-refractivity contribution in [1.82, 2.24) is 0 Å². The Morgan fingerprint density at radius 2 is 2.25 bits per heavy atom. The van der Waals surface area contributed by atoms with Crippen molar-refractivity contribution in [2.24, 2.45) is 0 Å². The molecule has 0 aromatic rings. The van der Waals surface area contributed by atoms with Crippen molar-refractivity contribution in [3.63, 3.8) is 0 Å². The van der Waals surface area contributed by atoms with Crippen LogP contribution in [0.5, 0.6) is 0 Å². The van der Waals surface area contributed by atoms with Crippen molar-refractivity contribution in [3.8, 4) is 0 Å². The molecule has 1 atom stereocenters. The van der Waals surface area contributed by atoms with Gasteiger partial charge >= 0.3 is 18.9 Å². The molecular formula is C2H5LiO4S. The normalized spacial score (nSPS) is 12.2. The maximum absolute atomic E-state index is 9.42. The van der Waals surface area contributed by atoms with E-state index in [1.165, 1.54) is 0 Å². The van der Waals surface area contributed by atoms with Crippen LogP contribution in [0.1, 0.15) is 0 Å². The molecule has 0 aromatic carbocycles. The monoisotopic (exact) mass is 132 g/mol. The minimum atomic E-state index is -2.48. The first-order valence-electron chi connectivity index (χ1n) is 1.60. The van der Waals surface area contributed by atoms with Gasteiger partial charge in [-0.3, -0.25) is 4.18 Å². The van der Waals surface area contributed by atoms with Gasteiger partial charge in [-0.15, -0.1) is 0 Å². The molecule has 0 spiro atoms. The molecular weight excluding hydrogens is 127 g/mol. The van der Waals surface area contributed by atoms with E-state index in [0.717, 1.165) is 0 Å². The zero-order valence-corrected chi connectivity index (χ0v) is 5.31. The summed E-state index contributed by atoms with van der Waals surface area (Å²) in [6, 6.07) is 0. The van der Waals surface area contributed by atoms with Crippen molar-refractivity contribution < 1.29 is 36.9 Å². The fraction of sp³-hybridized carbons (Fsp3) is 1.00. The Kier molecular flexibility index (Phi) is 10.9. The quantitative estimate of drug-likeness (QED) is 0.312. The Balaban J connectivity index is 0. The molecule has 0 rings (SSSR count). The van der Waals surface area contributed by atoms with Crippen molar-refractivity contribution >= 4 is 11.4 Å². The largest absolute Gasteiger partial charge is 1.00 e. The van der Waals surface area contributed by atoms with E-state index in [0.29, 0.717) is 0 Å². The third-order valence-corrected chi connectivity index (χ3v) is 0.630. The van der Waals surface area contributed by atoms with Gasteiger partial charge in [0.15, 0.2) is 0 Å². The number of aliphatic hydroxyl groups excluding tert-OH is 1. The second kappa shape index (κ2) is 7.63. The van der Waals surface area contributed by atoms with E-state index in [2.05, 4.69) is 4.18 Å². The first kappa shape index (κ1) is 11.4. The Morgan fingerprint density at radius 1 is 1.75 bits per heavy atom. The molecule has 1 N–H and O–H groups in total. The number of hydrogen-bond donors (Lipinski definition) is 1. The van der Waals surface area contributed by atoms with E-state index in [-0.39, 0.29) is 32.1 Å². The van der Waals surface area contributed by atoms with Crippen molar-refractivity contribution in [1.29, 1.82) is 0 Å². The Bertz CT molecular complexity index is 67.1. The zero-order chi connectivity index (χ0) is 5.70. The standard InChI is InChI=1S/C2H6O4S.Li/c3-1-2-6-7(4)5;/h3H,1-2H2,(H,4,5);/q;+1/p-1. The molecule has 0 heterocycles. The summed E-state index contributed by atoms with van der Waals surface area (Å²) in [6.07, 6.45) is 0. The number of aliphatic hydroxyl groups is 1. The van der Waals surface area contributed by atoms with Gasteiger partial charge in [-0.1, -0.05) is 0 Å². The van der Waals surface area contributed by atoms with Gasteiger partial charge in [0.05, 0.1) is 24.6 Å². The molecule has 0 saturated carbocycles. The minimum Gasteiger partial charge on any atom is -0.750 e. The van der Waals surface area contributed by atoms with E-state index < -0.39 is 11.4 Å². The summed E-state index contributed by atoms with van der Waals surface area (Å²) < 4.78 is 22.7. The topological polar surface area (TPSA) is 69.6 Å². The van der Waals surface area contributed by atoms with Gasteiger partial charge in [0.1, 0.15) is 0 Å². The average Bonchev–Trinajstić information content (AvgIpc) is 1.61. The summed E-state index contributed by atoms with van der Waals surface area (Å²) in [5, 5.41) is 7.92. The van der Waals surface area contributed by atoms with Crippen LogP contribution in [-0.4, -0.2) is 27.1 Å². The molecule has 0 bridgehead atoms. The van der Waals surface area contributed by atoms with Gasteiger partial charge in [-0.25, -0.2) is 4.21 Å². The molecule has 0 saturated heterocycles. The van der Waals surface area contributed by atoms with E-state index in [1.807, 2.05) is 0 Å². The van der Waals surface area contributed by atoms with Crippen LogP contribution in [0.2, 0.25) is 0 Å². The molecule has 0 aliphatic heterocycles. The summed E-state index contributed by atoms with van der Waals surface area (Å²) >= 11 is -2.48. The molecule has 0 aromatic heterocycles. The van der Waals surface area contributed by atoms with Crippen LogP contribution in [0.4, 0.5) is 0 Å². The molecule has 0 amide bonds. The van der Waals surface area contributed by atoms with Gasteiger partial charge in [0.25, 0.3) is 0 Å². The van der Waals surface area contributed by atoms with Crippen LogP contribution >= 0.6 is 0 Å². The summed E-state index contributed by atoms with van der Waals surface area (Å²) in [5.74, 6) is 0. The van der Waals surface area contributed by atoms with Gasteiger partial charge in [-0.2, -0.15) is 0 Å². The fourth-order valence-electron chi connectivity index (χ4n) is 0.105. The average molecular weight is 132 g/mol. The number of hydrogen-bond acceptors (Lipinski definition) is 4. The number of rotatable bonds is 3. The third kappa shape index (κ3) is 9.80. The molecule has 0 radical (unpaired) electrons. The SMILES string of the molecule is O=S([O-])OCCO.[Li+]. The van der Waals surface area contributed by atoms with Crippen molar-refractivity contribution in [3.05, 3.63) is 0 Å². The second-order valence-corrected chi connectivity index (χ2v) is 1.39. The Hall–Kier alpha value is 0.627. The van der Waals surface area contributed by atoms with E-state index >= 15 is 0 Å². The molecule has 6 heteroatoms. The van der Waals surface area contributed by atoms with Crippen LogP contribution in [0, 0.1) is 0 Å². The summed E-state index contributed by atoms with van der Waals surface area (Å²) in [7, 11) is 0. The van der Waals surface area contributed by atoms with Gasteiger partial charge in [0.2, 0.25) is 0 Å². The van der Waals surface area contributed by atoms with Crippen LogP contribution in [0.25, 0.3) is 0 Å². The van der Waals surface area contributed by atoms with Crippen LogP contribution in [0.3, 0.4) is 0 Å². The Morgan fingerprint density at radius 3 is 2.38 bits per heavy atom. The van der Waals surface area contributed by atoms with Gasteiger partial charge < -0.3 is 9.66 Å². The van der Waals surface area contributed by atoms with Crippen LogP contribution < -0.4 is 18.9 Å². The van der Waals surface area contributed by atoms with E-state index in [1.54, 1.807) is 0 Å². The minimum absolute atomic E-state index is 0. The molecule has 1 unspecified atom stereocenters. The predicted octanol–water partition coefficient (Wildman–Crippen LogP) is -4.21. The predicted molar refractivity (Wildman–Crippen MR) is 22.0 cm³/mol. The van der Waals surface area contributed by atoms with E-state index in [4.69, 9.17) is 5.11 Å². The molecule has 0 aliphatic carbocycles. The maximum atomic E-state index is 9.42. The maximum Gasteiger partial charge on any atom is 1.00 e. The smallest absolute Gasteiger partial charge is 0.750 e. The first-order valence-corrected chi connectivity index (χ1v) is 2.60. The van der Waals surface area contributed by atoms with Crippen LogP contribution in [0.15, 0.2) is 0 Å². The zero-order valence-electron chi connectivity index (χ0n) is 4.49. The van der Waals surface area contributed by atoms with Gasteiger partial charge in [0, 0.05) is 0 Å². The molecule has 8 heavy (non-hydrogen) atoms. The van der Waals surface area contributed by atoms with Crippen LogP contribution in [-0.2, 0) is 15.5 Å². The third-order valence-electron chi connectivity index (χ3n) is 0.271.